The van der Waals surface area contributed by atoms with Crippen molar-refractivity contribution in [1.82, 2.24) is 4.98 Å². The second kappa shape index (κ2) is 7.02. The lowest BCUT2D eigenvalue weighted by Crippen LogP contribution is -2.13. The standard InChI is InChI=1S/C16H13ClN2O4S/c17-11-6-4-10(5-7-11)14-13(20)15(16(18)22-14)23-24(21)9-12-3-1-2-8-19-12/h1-8,14H,9,18H2. The highest BCUT2D eigenvalue weighted by Crippen LogP contribution is 2.32. The molecule has 0 bridgehead atoms. The van der Waals surface area contributed by atoms with Gasteiger partial charge < -0.3 is 14.7 Å². The first-order valence-corrected chi connectivity index (χ1v) is 8.59. The number of nitrogens with zero attached hydrogens (tertiary/aromatic N) is 1. The lowest BCUT2D eigenvalue weighted by Gasteiger charge is -2.09. The Balaban J connectivity index is 1.69. The Morgan fingerprint density at radius 3 is 2.67 bits per heavy atom. The smallest absolute Gasteiger partial charge is 0.249 e. The predicted molar refractivity (Wildman–Crippen MR) is 88.7 cm³/mol. The number of hydrogen-bond donors (Lipinski definition) is 1. The normalized spacial score (nSPS) is 18.4. The van der Waals surface area contributed by atoms with Gasteiger partial charge in [-0.25, -0.2) is 4.21 Å². The SMILES string of the molecule is NC1=C(OS(=O)Cc2ccccn2)C(=O)C(c2ccc(Cl)cc2)O1. The van der Waals surface area contributed by atoms with Crippen LogP contribution in [0.1, 0.15) is 17.4 Å². The van der Waals surface area contributed by atoms with Gasteiger partial charge in [0.15, 0.2) is 6.10 Å². The van der Waals surface area contributed by atoms with E-state index >= 15 is 0 Å². The number of hydrogen-bond acceptors (Lipinski definition) is 6. The summed E-state index contributed by atoms with van der Waals surface area (Å²) in [5.74, 6) is -0.862. The fourth-order valence-corrected chi connectivity index (χ4v) is 3.09. The van der Waals surface area contributed by atoms with Gasteiger partial charge in [0.1, 0.15) is 5.75 Å². The molecular weight excluding hydrogens is 352 g/mol. The first kappa shape index (κ1) is 16.5. The molecule has 0 spiro atoms. The Morgan fingerprint density at radius 1 is 1.25 bits per heavy atom. The lowest BCUT2D eigenvalue weighted by atomic mass is 10.1. The lowest BCUT2D eigenvalue weighted by molar-refractivity contribution is -0.123. The Hall–Kier alpha value is -2.38. The van der Waals surface area contributed by atoms with E-state index in [1.54, 1.807) is 48.7 Å². The van der Waals surface area contributed by atoms with Gasteiger partial charge in [0.25, 0.3) is 0 Å². The predicted octanol–water partition coefficient (Wildman–Crippen LogP) is 2.38. The molecule has 0 saturated heterocycles. The van der Waals surface area contributed by atoms with E-state index in [2.05, 4.69) is 4.98 Å². The summed E-state index contributed by atoms with van der Waals surface area (Å²) in [6.45, 7) is 0. The Bertz CT molecular complexity index is 809. The van der Waals surface area contributed by atoms with Crippen LogP contribution >= 0.6 is 11.6 Å². The fourth-order valence-electron chi connectivity index (χ4n) is 2.14. The minimum Gasteiger partial charge on any atom is -0.460 e. The third kappa shape index (κ3) is 3.58. The van der Waals surface area contributed by atoms with Gasteiger partial charge in [0, 0.05) is 16.8 Å². The van der Waals surface area contributed by atoms with Crippen LogP contribution < -0.4 is 5.73 Å². The summed E-state index contributed by atoms with van der Waals surface area (Å²) in [6, 6.07) is 11.8. The molecule has 2 heterocycles. The number of Topliss-reactive ketones (excluding diaryl/α,β-unsaturated/α-hetero) is 1. The van der Waals surface area contributed by atoms with Crippen LogP contribution in [0.2, 0.25) is 5.02 Å². The van der Waals surface area contributed by atoms with E-state index in [1.165, 1.54) is 0 Å². The van der Waals surface area contributed by atoms with Crippen molar-refractivity contribution >= 4 is 28.5 Å². The number of nitrogens with two attached hydrogens (primary N) is 1. The van der Waals surface area contributed by atoms with E-state index in [0.29, 0.717) is 16.3 Å². The molecule has 1 aromatic carbocycles. The third-order valence-corrected chi connectivity index (χ3v) is 4.41. The average Bonchev–Trinajstić information content (AvgIpc) is 2.85. The van der Waals surface area contributed by atoms with E-state index in [1.807, 2.05) is 0 Å². The molecule has 0 radical (unpaired) electrons. The van der Waals surface area contributed by atoms with E-state index in [9.17, 15) is 9.00 Å². The number of halogens is 1. The van der Waals surface area contributed by atoms with Gasteiger partial charge in [-0.15, -0.1) is 0 Å². The first-order chi connectivity index (χ1) is 11.5. The molecule has 0 aliphatic carbocycles. The molecule has 1 aromatic heterocycles. The van der Waals surface area contributed by atoms with Crippen molar-refractivity contribution in [3.8, 4) is 0 Å². The maximum atomic E-state index is 12.4. The molecule has 124 valence electrons. The van der Waals surface area contributed by atoms with Crippen molar-refractivity contribution in [2.45, 2.75) is 11.9 Å². The van der Waals surface area contributed by atoms with Crippen molar-refractivity contribution in [1.29, 1.82) is 0 Å². The van der Waals surface area contributed by atoms with Crippen molar-refractivity contribution in [3.05, 3.63) is 76.6 Å². The number of aromatic nitrogens is 1. The van der Waals surface area contributed by atoms with Gasteiger partial charge in [-0.3, -0.25) is 9.78 Å². The monoisotopic (exact) mass is 364 g/mol. The Kier molecular flexibility index (Phi) is 4.82. The molecule has 8 heteroatoms. The highest BCUT2D eigenvalue weighted by atomic mass is 35.5. The number of ether oxygens (including phenoxy) is 1. The molecular formula is C16H13ClN2O4S. The van der Waals surface area contributed by atoms with Crippen molar-refractivity contribution in [2.24, 2.45) is 5.73 Å². The zero-order valence-corrected chi connectivity index (χ0v) is 13.9. The molecule has 2 atom stereocenters. The van der Waals surface area contributed by atoms with Crippen LogP contribution in [0.3, 0.4) is 0 Å². The summed E-state index contributed by atoms with van der Waals surface area (Å²) in [7, 11) is 0. The summed E-state index contributed by atoms with van der Waals surface area (Å²) < 4.78 is 22.6. The van der Waals surface area contributed by atoms with E-state index in [0.717, 1.165) is 0 Å². The number of benzene rings is 1. The van der Waals surface area contributed by atoms with Crippen molar-refractivity contribution in [2.75, 3.05) is 0 Å². The van der Waals surface area contributed by atoms with Crippen LogP contribution in [0, 0.1) is 0 Å². The van der Waals surface area contributed by atoms with Crippen LogP contribution in [0.15, 0.2) is 60.3 Å². The highest BCUT2D eigenvalue weighted by Gasteiger charge is 2.38. The minimum atomic E-state index is -1.80. The van der Waals surface area contributed by atoms with Gasteiger partial charge in [-0.05, 0) is 24.3 Å². The van der Waals surface area contributed by atoms with Crippen LogP contribution in [-0.4, -0.2) is 15.0 Å². The van der Waals surface area contributed by atoms with Crippen molar-refractivity contribution < 1.29 is 17.9 Å². The van der Waals surface area contributed by atoms with Crippen molar-refractivity contribution in [3.63, 3.8) is 0 Å². The zero-order valence-electron chi connectivity index (χ0n) is 12.3. The zero-order chi connectivity index (χ0) is 17.1. The summed E-state index contributed by atoms with van der Waals surface area (Å²) in [5.41, 5.74) is 6.87. The molecule has 0 saturated carbocycles. The number of carbonyl (C=O) groups is 1. The average molecular weight is 365 g/mol. The van der Waals surface area contributed by atoms with Crippen LogP contribution in [0.5, 0.6) is 0 Å². The molecule has 2 unspecified atom stereocenters. The Labute approximate surface area is 145 Å². The quantitative estimate of drug-likeness (QED) is 0.875. The Morgan fingerprint density at radius 2 is 2.00 bits per heavy atom. The molecule has 2 N–H and O–H groups in total. The van der Waals surface area contributed by atoms with Crippen LogP contribution in [0.4, 0.5) is 0 Å². The van der Waals surface area contributed by atoms with Gasteiger partial charge in [-0.2, -0.15) is 0 Å². The molecule has 24 heavy (non-hydrogen) atoms. The number of carbonyl (C=O) groups excluding carboxylic acids is 1. The largest absolute Gasteiger partial charge is 0.460 e. The molecule has 6 nitrogen and oxygen atoms in total. The molecule has 0 fully saturated rings. The topological polar surface area (TPSA) is 91.5 Å². The molecule has 1 aliphatic rings. The van der Waals surface area contributed by atoms with Crippen LogP contribution in [0.25, 0.3) is 0 Å². The van der Waals surface area contributed by atoms with Gasteiger partial charge in [-0.1, -0.05) is 29.8 Å². The second-order valence-corrected chi connectivity index (χ2v) is 6.46. The van der Waals surface area contributed by atoms with E-state index in [4.69, 9.17) is 26.3 Å². The molecule has 0 amide bonds. The minimum absolute atomic E-state index is 0.0382. The molecule has 1 aliphatic heterocycles. The van der Waals surface area contributed by atoms with Gasteiger partial charge in [0.2, 0.25) is 28.5 Å². The van der Waals surface area contributed by atoms with Gasteiger partial charge >= 0.3 is 0 Å². The molecule has 3 rings (SSSR count). The maximum Gasteiger partial charge on any atom is 0.249 e. The summed E-state index contributed by atoms with van der Waals surface area (Å²) in [6.07, 6.45) is 0.657. The maximum absolute atomic E-state index is 12.4. The summed E-state index contributed by atoms with van der Waals surface area (Å²) in [4.78, 5) is 16.5. The highest BCUT2D eigenvalue weighted by molar-refractivity contribution is 7.79. The number of ketones is 1. The van der Waals surface area contributed by atoms with E-state index in [-0.39, 0.29) is 17.4 Å². The molecule has 2 aromatic rings. The fraction of sp³-hybridized carbons (Fsp3) is 0.125. The number of pyridine rings is 1. The van der Waals surface area contributed by atoms with Crippen LogP contribution in [-0.2, 0) is 30.5 Å². The van der Waals surface area contributed by atoms with Gasteiger partial charge in [0.05, 0.1) is 5.69 Å². The summed E-state index contributed by atoms with van der Waals surface area (Å²) in [5, 5.41) is 0.540. The number of rotatable bonds is 5. The summed E-state index contributed by atoms with van der Waals surface area (Å²) >= 11 is 4.03. The second-order valence-electron chi connectivity index (χ2n) is 4.96. The third-order valence-electron chi connectivity index (χ3n) is 3.27. The first-order valence-electron chi connectivity index (χ1n) is 6.97. The van der Waals surface area contributed by atoms with E-state index < -0.39 is 23.0 Å².